The number of Topliss-reactive ketones (excluding diaryl/α,β-unsaturated/α-hetero) is 1. The highest BCUT2D eigenvalue weighted by Gasteiger charge is 2.32. The van der Waals surface area contributed by atoms with E-state index in [-0.39, 0.29) is 17.1 Å². The number of carbonyl (C=O) groups is 1. The van der Waals surface area contributed by atoms with Crippen LogP contribution in [0.5, 0.6) is 0 Å². The van der Waals surface area contributed by atoms with Crippen LogP contribution in [0.2, 0.25) is 0 Å². The SMILES string of the molecule is CCC(C(=O)c1ccccc1)S(=O)(=O)c1ccc(Br)cc1. The average molecular weight is 367 g/mol. The third kappa shape index (κ3) is 3.41. The van der Waals surface area contributed by atoms with E-state index in [2.05, 4.69) is 15.9 Å². The summed E-state index contributed by atoms with van der Waals surface area (Å²) >= 11 is 3.27. The smallest absolute Gasteiger partial charge is 0.188 e. The molecule has 2 rings (SSSR count). The maximum Gasteiger partial charge on any atom is 0.188 e. The highest BCUT2D eigenvalue weighted by molar-refractivity contribution is 9.10. The summed E-state index contributed by atoms with van der Waals surface area (Å²) in [7, 11) is -3.69. The molecule has 0 aliphatic carbocycles. The summed E-state index contributed by atoms with van der Waals surface area (Å²) in [4.78, 5) is 12.6. The second-order valence-corrected chi connectivity index (χ2v) is 7.67. The highest BCUT2D eigenvalue weighted by Crippen LogP contribution is 2.23. The molecular formula is C16H15BrO3S. The molecule has 0 aliphatic heterocycles. The van der Waals surface area contributed by atoms with Crippen LogP contribution >= 0.6 is 15.9 Å². The van der Waals surface area contributed by atoms with E-state index in [1.807, 2.05) is 0 Å². The van der Waals surface area contributed by atoms with Crippen molar-refractivity contribution in [3.63, 3.8) is 0 Å². The van der Waals surface area contributed by atoms with Gasteiger partial charge in [0.25, 0.3) is 0 Å². The van der Waals surface area contributed by atoms with Crippen molar-refractivity contribution >= 4 is 31.6 Å². The normalized spacial score (nSPS) is 12.9. The van der Waals surface area contributed by atoms with Crippen LogP contribution in [0.4, 0.5) is 0 Å². The minimum Gasteiger partial charge on any atom is -0.293 e. The fourth-order valence-electron chi connectivity index (χ4n) is 2.12. The molecule has 0 saturated heterocycles. The molecule has 0 spiro atoms. The van der Waals surface area contributed by atoms with Crippen molar-refractivity contribution in [1.82, 2.24) is 0 Å². The molecule has 0 bridgehead atoms. The molecule has 110 valence electrons. The molecule has 0 N–H and O–H groups in total. The van der Waals surface area contributed by atoms with Crippen molar-refractivity contribution in [2.45, 2.75) is 23.5 Å². The van der Waals surface area contributed by atoms with E-state index in [0.717, 1.165) is 4.47 Å². The monoisotopic (exact) mass is 366 g/mol. The predicted molar refractivity (Wildman–Crippen MR) is 86.2 cm³/mol. The molecule has 1 atom stereocenters. The number of rotatable bonds is 5. The lowest BCUT2D eigenvalue weighted by atomic mass is 10.1. The van der Waals surface area contributed by atoms with Crippen LogP contribution in [-0.4, -0.2) is 19.5 Å². The molecular weight excluding hydrogens is 352 g/mol. The largest absolute Gasteiger partial charge is 0.293 e. The van der Waals surface area contributed by atoms with E-state index in [0.29, 0.717) is 5.56 Å². The number of carbonyl (C=O) groups excluding carboxylic acids is 1. The Morgan fingerprint density at radius 3 is 2.14 bits per heavy atom. The molecule has 0 aliphatic rings. The molecule has 3 nitrogen and oxygen atoms in total. The molecule has 0 heterocycles. The molecule has 0 amide bonds. The van der Waals surface area contributed by atoms with Gasteiger partial charge in [-0.05, 0) is 30.7 Å². The van der Waals surface area contributed by atoms with E-state index in [1.165, 1.54) is 12.1 Å². The minimum absolute atomic E-state index is 0.168. The summed E-state index contributed by atoms with van der Waals surface area (Å²) < 4.78 is 26.1. The lowest BCUT2D eigenvalue weighted by molar-refractivity contribution is 0.0985. The zero-order valence-electron chi connectivity index (χ0n) is 11.5. The van der Waals surface area contributed by atoms with Crippen LogP contribution < -0.4 is 0 Å². The summed E-state index contributed by atoms with van der Waals surface area (Å²) in [5.41, 5.74) is 0.421. The van der Waals surface area contributed by atoms with E-state index < -0.39 is 15.1 Å². The van der Waals surface area contributed by atoms with Gasteiger partial charge >= 0.3 is 0 Å². The first-order valence-electron chi connectivity index (χ1n) is 6.55. The van der Waals surface area contributed by atoms with Gasteiger partial charge in [0.15, 0.2) is 15.6 Å². The third-order valence-electron chi connectivity index (χ3n) is 3.24. The zero-order valence-corrected chi connectivity index (χ0v) is 13.9. The van der Waals surface area contributed by atoms with Crippen LogP contribution in [0.3, 0.4) is 0 Å². The summed E-state index contributed by atoms with van der Waals surface area (Å²) in [5, 5.41) is -1.05. The van der Waals surface area contributed by atoms with Crippen molar-refractivity contribution in [2.24, 2.45) is 0 Å². The molecule has 1 unspecified atom stereocenters. The van der Waals surface area contributed by atoms with Crippen LogP contribution in [0.25, 0.3) is 0 Å². The van der Waals surface area contributed by atoms with Crippen LogP contribution in [0, 0.1) is 0 Å². The van der Waals surface area contributed by atoms with Gasteiger partial charge in [-0.1, -0.05) is 53.2 Å². The van der Waals surface area contributed by atoms with Gasteiger partial charge in [-0.3, -0.25) is 4.79 Å². The number of halogens is 1. The Balaban J connectivity index is 2.41. The molecule has 0 fully saturated rings. The highest BCUT2D eigenvalue weighted by atomic mass is 79.9. The number of hydrogen-bond acceptors (Lipinski definition) is 3. The van der Waals surface area contributed by atoms with Gasteiger partial charge in [0.05, 0.1) is 4.90 Å². The molecule has 2 aromatic rings. The Labute approximate surface area is 133 Å². The molecule has 0 saturated carbocycles. The average Bonchev–Trinajstić information content (AvgIpc) is 2.49. The quantitative estimate of drug-likeness (QED) is 0.754. The first kappa shape index (κ1) is 15.9. The lowest BCUT2D eigenvalue weighted by Gasteiger charge is -2.15. The van der Waals surface area contributed by atoms with Crippen molar-refractivity contribution in [3.05, 3.63) is 64.6 Å². The summed E-state index contributed by atoms with van der Waals surface area (Å²) in [6.07, 6.45) is 0.242. The molecule has 2 aromatic carbocycles. The number of sulfone groups is 1. The second-order valence-electron chi connectivity index (χ2n) is 4.63. The third-order valence-corrected chi connectivity index (χ3v) is 5.99. The van der Waals surface area contributed by atoms with Gasteiger partial charge in [0.1, 0.15) is 5.25 Å². The Hall–Kier alpha value is -1.46. The maximum absolute atomic E-state index is 12.7. The van der Waals surface area contributed by atoms with Crippen LogP contribution in [0.1, 0.15) is 23.7 Å². The van der Waals surface area contributed by atoms with Gasteiger partial charge in [-0.15, -0.1) is 0 Å². The van der Waals surface area contributed by atoms with E-state index in [4.69, 9.17) is 0 Å². The number of benzene rings is 2. The van der Waals surface area contributed by atoms with Gasteiger partial charge in [0.2, 0.25) is 0 Å². The fraction of sp³-hybridized carbons (Fsp3) is 0.188. The maximum atomic E-state index is 12.7. The second kappa shape index (κ2) is 6.54. The van der Waals surface area contributed by atoms with Gasteiger partial charge in [0, 0.05) is 10.0 Å². The molecule has 0 aromatic heterocycles. The number of hydrogen-bond donors (Lipinski definition) is 0. The Bertz CT molecular complexity index is 722. The van der Waals surface area contributed by atoms with Gasteiger partial charge in [-0.2, -0.15) is 0 Å². The summed E-state index contributed by atoms with van der Waals surface area (Å²) in [6.45, 7) is 1.71. The summed E-state index contributed by atoms with van der Waals surface area (Å²) in [5.74, 6) is -0.360. The first-order chi connectivity index (χ1) is 9.96. The standard InChI is InChI=1S/C16H15BrO3S/c1-2-15(16(18)12-6-4-3-5-7-12)21(19,20)14-10-8-13(17)9-11-14/h3-11,15H,2H2,1H3. The molecule has 0 radical (unpaired) electrons. The van der Waals surface area contributed by atoms with Crippen molar-refractivity contribution in [3.8, 4) is 0 Å². The van der Waals surface area contributed by atoms with Crippen LogP contribution in [0.15, 0.2) is 64.0 Å². The zero-order chi connectivity index (χ0) is 15.5. The van der Waals surface area contributed by atoms with Crippen molar-refractivity contribution in [1.29, 1.82) is 0 Å². The van der Waals surface area contributed by atoms with E-state index in [9.17, 15) is 13.2 Å². The fourth-order valence-corrected chi connectivity index (χ4v) is 4.09. The summed E-state index contributed by atoms with van der Waals surface area (Å²) in [6, 6.07) is 14.9. The van der Waals surface area contributed by atoms with Gasteiger partial charge in [-0.25, -0.2) is 8.42 Å². The molecule has 5 heteroatoms. The Kier molecular flexibility index (Phi) is 4.96. The van der Waals surface area contributed by atoms with E-state index >= 15 is 0 Å². The first-order valence-corrected chi connectivity index (χ1v) is 8.89. The van der Waals surface area contributed by atoms with Crippen LogP contribution in [-0.2, 0) is 9.84 Å². The van der Waals surface area contributed by atoms with Gasteiger partial charge < -0.3 is 0 Å². The number of ketones is 1. The molecule has 21 heavy (non-hydrogen) atoms. The van der Waals surface area contributed by atoms with Crippen molar-refractivity contribution < 1.29 is 13.2 Å². The minimum atomic E-state index is -3.69. The Morgan fingerprint density at radius 2 is 1.62 bits per heavy atom. The van der Waals surface area contributed by atoms with Crippen molar-refractivity contribution in [2.75, 3.05) is 0 Å². The Morgan fingerprint density at radius 1 is 1.05 bits per heavy atom. The predicted octanol–water partition coefficient (Wildman–Crippen LogP) is 3.88. The lowest BCUT2D eigenvalue weighted by Crippen LogP contribution is -2.30. The van der Waals surface area contributed by atoms with E-state index in [1.54, 1.807) is 49.4 Å². The topological polar surface area (TPSA) is 51.2 Å².